The number of ether oxygens (including phenoxy) is 1. The molecule has 1 N–H and O–H groups in total. The fraction of sp³-hybridized carbons (Fsp3) is 0.500. The van der Waals surface area contributed by atoms with Gasteiger partial charge in [-0.25, -0.2) is 4.79 Å². The van der Waals surface area contributed by atoms with Crippen molar-refractivity contribution < 1.29 is 9.53 Å². The molecule has 5 rings (SSSR count). The van der Waals surface area contributed by atoms with Gasteiger partial charge in [0.1, 0.15) is 6.07 Å². The number of nitrogens with one attached hydrogen (secondary N) is 1. The van der Waals surface area contributed by atoms with Crippen molar-refractivity contribution in [1.82, 2.24) is 9.80 Å². The van der Waals surface area contributed by atoms with Gasteiger partial charge >= 0.3 is 6.03 Å². The van der Waals surface area contributed by atoms with Crippen LogP contribution in [0.4, 0.5) is 10.5 Å². The van der Waals surface area contributed by atoms with E-state index in [4.69, 9.17) is 4.74 Å². The number of fused-ring (bicyclic) bond motifs is 2. The molecule has 3 aliphatic rings. The number of rotatable bonds is 3. The van der Waals surface area contributed by atoms with Gasteiger partial charge in [0, 0.05) is 19.1 Å². The van der Waals surface area contributed by atoms with Crippen LogP contribution >= 0.6 is 0 Å². The first kappa shape index (κ1) is 22.9. The zero-order valence-corrected chi connectivity index (χ0v) is 20.2. The highest BCUT2D eigenvalue weighted by Crippen LogP contribution is 2.44. The highest BCUT2D eigenvalue weighted by atomic mass is 16.5. The summed E-state index contributed by atoms with van der Waals surface area (Å²) >= 11 is 0. The van der Waals surface area contributed by atoms with Gasteiger partial charge < -0.3 is 19.9 Å². The Hall–Kier alpha value is -2.88. The maximum absolute atomic E-state index is 13.3. The van der Waals surface area contributed by atoms with Gasteiger partial charge in [0.2, 0.25) is 0 Å². The van der Waals surface area contributed by atoms with E-state index < -0.39 is 0 Å². The Labute approximate surface area is 202 Å². The van der Waals surface area contributed by atoms with E-state index in [1.54, 1.807) is 6.07 Å². The molecule has 2 aromatic rings. The Morgan fingerprint density at radius 1 is 1.09 bits per heavy atom. The lowest BCUT2D eigenvalue weighted by atomic mass is 9.84. The minimum Gasteiger partial charge on any atom is -0.365 e. The molecule has 0 radical (unpaired) electrons. The zero-order valence-electron chi connectivity index (χ0n) is 20.2. The predicted molar refractivity (Wildman–Crippen MR) is 133 cm³/mol. The molecule has 2 amide bonds. The molecule has 1 spiro atoms. The first-order valence-corrected chi connectivity index (χ1v) is 12.6. The van der Waals surface area contributed by atoms with Crippen molar-refractivity contribution in [2.75, 3.05) is 31.5 Å². The number of amides is 2. The number of hydrogen-bond acceptors (Lipinski definition) is 4. The van der Waals surface area contributed by atoms with Crippen molar-refractivity contribution in [2.45, 2.75) is 63.7 Å². The van der Waals surface area contributed by atoms with E-state index in [1.807, 2.05) is 11.0 Å². The third-order valence-corrected chi connectivity index (χ3v) is 8.02. The van der Waals surface area contributed by atoms with Crippen molar-refractivity contribution in [3.63, 3.8) is 0 Å². The maximum Gasteiger partial charge on any atom is 0.321 e. The number of urea groups is 1. The normalized spacial score (nSPS) is 20.4. The number of likely N-dealkylation sites (tertiary alicyclic amines) is 2. The number of piperidine rings is 2. The monoisotopic (exact) mass is 458 g/mol. The smallest absolute Gasteiger partial charge is 0.321 e. The molecule has 3 aliphatic heterocycles. The van der Waals surface area contributed by atoms with Gasteiger partial charge in [0.25, 0.3) is 0 Å². The van der Waals surface area contributed by atoms with Gasteiger partial charge in [0.05, 0.1) is 23.5 Å². The Morgan fingerprint density at radius 2 is 1.82 bits per heavy atom. The fourth-order valence-corrected chi connectivity index (χ4v) is 5.92. The summed E-state index contributed by atoms with van der Waals surface area (Å²) in [5.74, 6) is 0.353. The fourth-order valence-electron chi connectivity index (χ4n) is 5.92. The number of para-hydroxylation sites is 1. The van der Waals surface area contributed by atoms with Gasteiger partial charge in [-0.05, 0) is 81.3 Å². The number of carbonyl (C=O) groups excluding carboxylic acids is 1. The van der Waals surface area contributed by atoms with Crippen molar-refractivity contribution in [3.05, 3.63) is 64.7 Å². The van der Waals surface area contributed by atoms with Crippen molar-refractivity contribution in [1.29, 1.82) is 5.26 Å². The Morgan fingerprint density at radius 3 is 2.53 bits per heavy atom. The third kappa shape index (κ3) is 4.19. The maximum atomic E-state index is 13.3. The highest BCUT2D eigenvalue weighted by molar-refractivity contribution is 5.92. The molecule has 0 saturated carbocycles. The molecule has 2 aromatic carbocycles. The third-order valence-electron chi connectivity index (χ3n) is 8.02. The number of nitriles is 1. The van der Waals surface area contributed by atoms with Crippen LogP contribution in [0.2, 0.25) is 0 Å². The molecule has 6 heteroatoms. The molecule has 6 nitrogen and oxygen atoms in total. The first-order valence-electron chi connectivity index (χ1n) is 12.6. The molecule has 0 aromatic heterocycles. The average Bonchev–Trinajstić information content (AvgIpc) is 3.22. The van der Waals surface area contributed by atoms with Gasteiger partial charge in [-0.1, -0.05) is 36.4 Å². The lowest BCUT2D eigenvalue weighted by Crippen LogP contribution is -2.46. The van der Waals surface area contributed by atoms with E-state index in [2.05, 4.69) is 60.5 Å². The van der Waals surface area contributed by atoms with E-state index >= 15 is 0 Å². The second kappa shape index (κ2) is 9.40. The summed E-state index contributed by atoms with van der Waals surface area (Å²) in [6, 6.07) is 17.0. The van der Waals surface area contributed by atoms with E-state index in [0.29, 0.717) is 42.9 Å². The predicted octanol–water partition coefficient (Wildman–Crippen LogP) is 5.20. The van der Waals surface area contributed by atoms with Crippen LogP contribution in [0.15, 0.2) is 42.5 Å². The standard InChI is InChI=1S/C28H34N4O2/c1-20(2)31-14-10-21(11-15-31)24-8-5-7-22(18-29)26(24)30-27(33)32-16-12-28(13-17-32)25-9-4-3-6-23(25)19-34-28/h3-9,20-21H,10-17,19H2,1-2H3,(H,30,33). The van der Waals surface area contributed by atoms with Gasteiger partial charge in [-0.2, -0.15) is 5.26 Å². The lowest BCUT2D eigenvalue weighted by Gasteiger charge is -2.39. The number of carbonyl (C=O) groups is 1. The van der Waals surface area contributed by atoms with Crippen LogP contribution in [0.25, 0.3) is 0 Å². The van der Waals surface area contributed by atoms with E-state index in [0.717, 1.165) is 44.3 Å². The molecule has 0 bridgehead atoms. The topological polar surface area (TPSA) is 68.6 Å². The molecule has 178 valence electrons. The van der Waals surface area contributed by atoms with Crippen LogP contribution in [0, 0.1) is 11.3 Å². The molecule has 0 unspecified atom stereocenters. The summed E-state index contributed by atoms with van der Waals surface area (Å²) in [6.45, 7) is 8.48. The molecule has 0 aliphatic carbocycles. The van der Waals surface area contributed by atoms with Gasteiger partial charge in [-0.15, -0.1) is 0 Å². The SMILES string of the molecule is CC(C)N1CCC(c2cccc(C#N)c2NC(=O)N2CCC3(CC2)OCc2ccccc23)CC1. The molecule has 0 atom stereocenters. The zero-order chi connectivity index (χ0) is 23.7. The quantitative estimate of drug-likeness (QED) is 0.686. The van der Waals surface area contributed by atoms with Gasteiger partial charge in [0.15, 0.2) is 0 Å². The van der Waals surface area contributed by atoms with Gasteiger partial charge in [-0.3, -0.25) is 0 Å². The van der Waals surface area contributed by atoms with Crippen molar-refractivity contribution in [3.8, 4) is 6.07 Å². The first-order chi connectivity index (χ1) is 16.5. The van der Waals surface area contributed by atoms with Crippen LogP contribution in [0.5, 0.6) is 0 Å². The number of nitrogens with zero attached hydrogens (tertiary/aromatic N) is 3. The van der Waals surface area contributed by atoms with Crippen molar-refractivity contribution >= 4 is 11.7 Å². The van der Waals surface area contributed by atoms with Crippen LogP contribution in [-0.4, -0.2) is 48.1 Å². The largest absolute Gasteiger partial charge is 0.365 e. The molecular weight excluding hydrogens is 424 g/mol. The number of benzene rings is 2. The molecular formula is C28H34N4O2. The summed E-state index contributed by atoms with van der Waals surface area (Å²) in [7, 11) is 0. The van der Waals surface area contributed by atoms with Crippen LogP contribution in [0.1, 0.15) is 67.7 Å². The number of anilines is 1. The second-order valence-electron chi connectivity index (χ2n) is 10.1. The Kier molecular flexibility index (Phi) is 6.33. The summed E-state index contributed by atoms with van der Waals surface area (Å²) in [5, 5.41) is 12.9. The molecule has 34 heavy (non-hydrogen) atoms. The van der Waals surface area contributed by atoms with Crippen LogP contribution in [0.3, 0.4) is 0 Å². The Bertz CT molecular complexity index is 1090. The van der Waals surface area contributed by atoms with E-state index in [-0.39, 0.29) is 11.6 Å². The molecule has 2 fully saturated rings. The molecule has 3 heterocycles. The summed E-state index contributed by atoms with van der Waals surface area (Å²) in [4.78, 5) is 17.7. The Balaban J connectivity index is 1.29. The summed E-state index contributed by atoms with van der Waals surface area (Å²) in [6.07, 6.45) is 3.66. The van der Waals surface area contributed by atoms with Crippen LogP contribution in [-0.2, 0) is 16.9 Å². The minimum atomic E-state index is -0.270. The van der Waals surface area contributed by atoms with Crippen molar-refractivity contribution in [2.24, 2.45) is 0 Å². The van der Waals surface area contributed by atoms with E-state index in [9.17, 15) is 10.1 Å². The average molecular weight is 459 g/mol. The number of hydrogen-bond donors (Lipinski definition) is 1. The lowest BCUT2D eigenvalue weighted by molar-refractivity contribution is -0.0722. The second-order valence-corrected chi connectivity index (χ2v) is 10.1. The minimum absolute atomic E-state index is 0.121. The summed E-state index contributed by atoms with van der Waals surface area (Å²) in [5.41, 5.74) is 4.60. The molecule has 2 saturated heterocycles. The summed E-state index contributed by atoms with van der Waals surface area (Å²) < 4.78 is 6.25. The highest BCUT2D eigenvalue weighted by Gasteiger charge is 2.43. The van der Waals surface area contributed by atoms with E-state index in [1.165, 1.54) is 11.1 Å². The van der Waals surface area contributed by atoms with Crippen LogP contribution < -0.4 is 5.32 Å².